The molecule has 2 aliphatic rings. The summed E-state index contributed by atoms with van der Waals surface area (Å²) >= 11 is 0. The topological polar surface area (TPSA) is 27.3 Å². The molecule has 2 unspecified atom stereocenters. The first-order valence-electron chi connectivity index (χ1n) is 8.04. The van der Waals surface area contributed by atoms with Gasteiger partial charge in [0.05, 0.1) is 0 Å². The normalized spacial score (nSPS) is 31.2. The van der Waals surface area contributed by atoms with Crippen molar-refractivity contribution in [2.45, 2.75) is 64.0 Å². The van der Waals surface area contributed by atoms with Crippen LogP contribution in [0, 0.1) is 0 Å². The molecule has 0 spiro atoms. The summed E-state index contributed by atoms with van der Waals surface area (Å²) in [6.45, 7) is 8.62. The van der Waals surface area contributed by atoms with E-state index in [1.165, 1.54) is 77.7 Å². The molecule has 2 fully saturated rings. The molecule has 0 bridgehead atoms. The highest BCUT2D eigenvalue weighted by molar-refractivity contribution is 4.75. The molecule has 2 aliphatic heterocycles. The molecule has 2 N–H and O–H groups in total. The van der Waals surface area contributed by atoms with Crippen LogP contribution in [0.1, 0.15) is 51.9 Å². The lowest BCUT2D eigenvalue weighted by molar-refractivity contribution is 0.158. The maximum Gasteiger partial charge on any atom is 0.00796 e. The molecule has 0 saturated carbocycles. The SMILES string of the molecule is CC1CCCCN1CCCNC1CCCNCC1. The fourth-order valence-corrected chi connectivity index (χ4v) is 3.30. The van der Waals surface area contributed by atoms with Gasteiger partial charge < -0.3 is 15.5 Å². The van der Waals surface area contributed by atoms with Crippen molar-refractivity contribution in [2.24, 2.45) is 0 Å². The summed E-state index contributed by atoms with van der Waals surface area (Å²) in [7, 11) is 0. The van der Waals surface area contributed by atoms with Gasteiger partial charge in [-0.25, -0.2) is 0 Å². The van der Waals surface area contributed by atoms with Crippen LogP contribution in [0.3, 0.4) is 0 Å². The highest BCUT2D eigenvalue weighted by Crippen LogP contribution is 2.16. The van der Waals surface area contributed by atoms with Crippen LogP contribution < -0.4 is 10.6 Å². The lowest BCUT2D eigenvalue weighted by Crippen LogP contribution is -2.39. The van der Waals surface area contributed by atoms with Crippen LogP contribution in [-0.2, 0) is 0 Å². The number of hydrogen-bond acceptors (Lipinski definition) is 3. The van der Waals surface area contributed by atoms with Gasteiger partial charge in [0.25, 0.3) is 0 Å². The van der Waals surface area contributed by atoms with Crippen LogP contribution >= 0.6 is 0 Å². The number of hydrogen-bond donors (Lipinski definition) is 2. The maximum atomic E-state index is 3.75. The summed E-state index contributed by atoms with van der Waals surface area (Å²) in [5, 5.41) is 7.23. The molecule has 2 heterocycles. The third-order valence-corrected chi connectivity index (χ3v) is 4.57. The minimum atomic E-state index is 0.763. The third-order valence-electron chi connectivity index (χ3n) is 4.57. The minimum Gasteiger partial charge on any atom is -0.317 e. The molecule has 0 amide bonds. The molecule has 2 saturated heterocycles. The first-order valence-corrected chi connectivity index (χ1v) is 8.04. The number of nitrogens with zero attached hydrogens (tertiary/aromatic N) is 1. The molecule has 0 aliphatic carbocycles. The Morgan fingerprint density at radius 3 is 2.94 bits per heavy atom. The average molecular weight is 253 g/mol. The van der Waals surface area contributed by atoms with Crippen molar-refractivity contribution in [2.75, 3.05) is 32.7 Å². The molecule has 0 aromatic rings. The molecular formula is C15H31N3. The third kappa shape index (κ3) is 4.87. The Morgan fingerprint density at radius 1 is 1.11 bits per heavy atom. The molecule has 106 valence electrons. The quantitative estimate of drug-likeness (QED) is 0.734. The van der Waals surface area contributed by atoms with E-state index < -0.39 is 0 Å². The van der Waals surface area contributed by atoms with Crippen LogP contribution in [0.15, 0.2) is 0 Å². The lowest BCUT2D eigenvalue weighted by Gasteiger charge is -2.33. The van der Waals surface area contributed by atoms with Crippen LogP contribution in [0.4, 0.5) is 0 Å². The highest BCUT2D eigenvalue weighted by Gasteiger charge is 2.17. The van der Waals surface area contributed by atoms with Crippen molar-refractivity contribution in [3.8, 4) is 0 Å². The Hall–Kier alpha value is -0.120. The molecule has 18 heavy (non-hydrogen) atoms. The Labute approximate surface area is 113 Å². The predicted octanol–water partition coefficient (Wildman–Crippen LogP) is 1.98. The Bertz CT molecular complexity index is 212. The molecule has 2 atom stereocenters. The van der Waals surface area contributed by atoms with E-state index in [0.29, 0.717) is 0 Å². The summed E-state index contributed by atoms with van der Waals surface area (Å²) in [5.41, 5.74) is 0. The minimum absolute atomic E-state index is 0.763. The van der Waals surface area contributed by atoms with E-state index in [4.69, 9.17) is 0 Å². The van der Waals surface area contributed by atoms with Gasteiger partial charge in [0.2, 0.25) is 0 Å². The van der Waals surface area contributed by atoms with Crippen molar-refractivity contribution >= 4 is 0 Å². The summed E-state index contributed by atoms with van der Waals surface area (Å²) < 4.78 is 0. The smallest absolute Gasteiger partial charge is 0.00796 e. The standard InChI is InChI=1S/C15H31N3/c1-14-6-2-3-12-18(14)13-5-10-17-15-7-4-9-16-11-8-15/h14-17H,2-13H2,1H3. The Kier molecular flexibility index (Phi) is 6.46. The molecule has 2 rings (SSSR count). The number of likely N-dealkylation sites (tertiary alicyclic amines) is 1. The van der Waals surface area contributed by atoms with E-state index >= 15 is 0 Å². The molecular weight excluding hydrogens is 222 g/mol. The van der Waals surface area contributed by atoms with E-state index in [2.05, 4.69) is 22.5 Å². The number of piperidine rings is 1. The fourth-order valence-electron chi connectivity index (χ4n) is 3.30. The van der Waals surface area contributed by atoms with Gasteiger partial charge in [-0.2, -0.15) is 0 Å². The number of rotatable bonds is 5. The zero-order valence-electron chi connectivity index (χ0n) is 12.1. The lowest BCUT2D eigenvalue weighted by atomic mass is 10.0. The van der Waals surface area contributed by atoms with Crippen molar-refractivity contribution < 1.29 is 0 Å². The predicted molar refractivity (Wildman–Crippen MR) is 78.0 cm³/mol. The fraction of sp³-hybridized carbons (Fsp3) is 1.00. The van der Waals surface area contributed by atoms with Gasteiger partial charge in [-0.3, -0.25) is 0 Å². The monoisotopic (exact) mass is 253 g/mol. The van der Waals surface area contributed by atoms with Crippen LogP contribution in [0.2, 0.25) is 0 Å². The van der Waals surface area contributed by atoms with E-state index in [1.807, 2.05) is 0 Å². The highest BCUT2D eigenvalue weighted by atomic mass is 15.2. The first kappa shape index (κ1) is 14.3. The average Bonchev–Trinajstić information content (AvgIpc) is 2.65. The van der Waals surface area contributed by atoms with Crippen LogP contribution in [0.25, 0.3) is 0 Å². The summed E-state index contributed by atoms with van der Waals surface area (Å²) in [6.07, 6.45) is 9.56. The summed E-state index contributed by atoms with van der Waals surface area (Å²) in [5.74, 6) is 0. The van der Waals surface area contributed by atoms with Gasteiger partial charge in [0.15, 0.2) is 0 Å². The molecule has 0 aromatic carbocycles. The molecule has 0 radical (unpaired) electrons. The van der Waals surface area contributed by atoms with E-state index in [-0.39, 0.29) is 0 Å². The van der Waals surface area contributed by atoms with Gasteiger partial charge in [-0.05, 0) is 78.2 Å². The van der Waals surface area contributed by atoms with Crippen molar-refractivity contribution in [1.82, 2.24) is 15.5 Å². The number of nitrogens with one attached hydrogen (secondary N) is 2. The Morgan fingerprint density at radius 2 is 2.06 bits per heavy atom. The first-order chi connectivity index (χ1) is 8.86. The summed E-state index contributed by atoms with van der Waals surface area (Å²) in [6, 6.07) is 1.58. The van der Waals surface area contributed by atoms with E-state index in [9.17, 15) is 0 Å². The van der Waals surface area contributed by atoms with Crippen molar-refractivity contribution in [3.63, 3.8) is 0 Å². The largest absolute Gasteiger partial charge is 0.317 e. The molecule has 3 heteroatoms. The van der Waals surface area contributed by atoms with Crippen molar-refractivity contribution in [1.29, 1.82) is 0 Å². The van der Waals surface area contributed by atoms with Gasteiger partial charge >= 0.3 is 0 Å². The van der Waals surface area contributed by atoms with Gasteiger partial charge in [0, 0.05) is 12.1 Å². The maximum absolute atomic E-state index is 3.75. The molecule has 0 aromatic heterocycles. The van der Waals surface area contributed by atoms with E-state index in [1.54, 1.807) is 0 Å². The van der Waals surface area contributed by atoms with Gasteiger partial charge in [-0.1, -0.05) is 6.42 Å². The second-order valence-corrected chi connectivity index (χ2v) is 6.07. The summed E-state index contributed by atoms with van der Waals surface area (Å²) in [4.78, 5) is 2.68. The van der Waals surface area contributed by atoms with Crippen LogP contribution in [0.5, 0.6) is 0 Å². The zero-order valence-corrected chi connectivity index (χ0v) is 12.1. The zero-order chi connectivity index (χ0) is 12.6. The van der Waals surface area contributed by atoms with Crippen LogP contribution in [-0.4, -0.2) is 49.7 Å². The van der Waals surface area contributed by atoms with Gasteiger partial charge in [0.1, 0.15) is 0 Å². The molecule has 3 nitrogen and oxygen atoms in total. The van der Waals surface area contributed by atoms with Gasteiger partial charge in [-0.15, -0.1) is 0 Å². The van der Waals surface area contributed by atoms with Crippen molar-refractivity contribution in [3.05, 3.63) is 0 Å². The second-order valence-electron chi connectivity index (χ2n) is 6.07. The second kappa shape index (κ2) is 8.13. The Balaban J connectivity index is 1.54. The van der Waals surface area contributed by atoms with E-state index in [0.717, 1.165) is 12.1 Å².